The Balaban J connectivity index is 2.55. The summed E-state index contributed by atoms with van der Waals surface area (Å²) in [7, 11) is 0. The van der Waals surface area contributed by atoms with Crippen LogP contribution in [0.3, 0.4) is 0 Å². The van der Waals surface area contributed by atoms with E-state index in [-0.39, 0.29) is 30.5 Å². The molecule has 7 nitrogen and oxygen atoms in total. The Hall–Kier alpha value is -1.83. The molecule has 0 saturated heterocycles. The van der Waals surface area contributed by atoms with Crippen LogP contribution in [0.5, 0.6) is 0 Å². The summed E-state index contributed by atoms with van der Waals surface area (Å²) in [6.45, 7) is 4.77. The van der Waals surface area contributed by atoms with E-state index in [1.807, 2.05) is 0 Å². The summed E-state index contributed by atoms with van der Waals surface area (Å²) in [5.74, 6) is -2.67. The van der Waals surface area contributed by atoms with Crippen molar-refractivity contribution in [3.63, 3.8) is 0 Å². The first-order valence-corrected chi connectivity index (χ1v) is 8.40. The number of ketones is 1. The molecule has 128 valence electrons. The van der Waals surface area contributed by atoms with Crippen LogP contribution in [0.25, 0.3) is 0 Å². The van der Waals surface area contributed by atoms with E-state index >= 15 is 0 Å². The first kappa shape index (κ1) is 19.2. The monoisotopic (exact) mass is 343 g/mol. The fourth-order valence-electron chi connectivity index (χ4n) is 2.38. The van der Waals surface area contributed by atoms with Gasteiger partial charge in [-0.05, 0) is 6.42 Å². The van der Waals surface area contributed by atoms with Gasteiger partial charge in [-0.15, -0.1) is 0 Å². The van der Waals surface area contributed by atoms with E-state index in [1.54, 1.807) is 0 Å². The van der Waals surface area contributed by atoms with E-state index < -0.39 is 29.8 Å². The standard InChI is InChI=1S/C15H21NO6S/c1-3-6-22-15(21)12(16-9(2)17)8-23-7-11-10(14(19)20)4-5-13(11)18/h3,10-12H,1,4-8H2,2H3,(H,16,17)(H,19,20). The van der Waals surface area contributed by atoms with Gasteiger partial charge < -0.3 is 15.2 Å². The van der Waals surface area contributed by atoms with Crippen LogP contribution < -0.4 is 5.32 Å². The largest absolute Gasteiger partial charge is 0.481 e. The number of amides is 1. The van der Waals surface area contributed by atoms with Gasteiger partial charge >= 0.3 is 11.9 Å². The van der Waals surface area contributed by atoms with Gasteiger partial charge in [0.05, 0.1) is 5.92 Å². The van der Waals surface area contributed by atoms with Crippen LogP contribution in [0.4, 0.5) is 0 Å². The van der Waals surface area contributed by atoms with Crippen molar-refractivity contribution in [2.45, 2.75) is 25.8 Å². The molecule has 0 heterocycles. The van der Waals surface area contributed by atoms with Crippen LogP contribution in [0, 0.1) is 11.8 Å². The number of aliphatic carboxylic acids is 1. The van der Waals surface area contributed by atoms with Gasteiger partial charge in [-0.3, -0.25) is 14.4 Å². The lowest BCUT2D eigenvalue weighted by atomic mass is 9.98. The van der Waals surface area contributed by atoms with Crippen LogP contribution >= 0.6 is 11.8 Å². The minimum atomic E-state index is -0.967. The number of carbonyl (C=O) groups is 4. The Labute approximate surface area is 138 Å². The number of carbonyl (C=O) groups excluding carboxylic acids is 3. The number of carboxylic acid groups (broad SMARTS) is 1. The van der Waals surface area contributed by atoms with Crippen molar-refractivity contribution in [2.24, 2.45) is 11.8 Å². The van der Waals surface area contributed by atoms with Crippen molar-refractivity contribution in [1.29, 1.82) is 0 Å². The third-order valence-electron chi connectivity index (χ3n) is 3.51. The molecular weight excluding hydrogens is 322 g/mol. The zero-order valence-corrected chi connectivity index (χ0v) is 13.8. The topological polar surface area (TPSA) is 110 Å². The van der Waals surface area contributed by atoms with Crippen molar-refractivity contribution in [3.05, 3.63) is 12.7 Å². The van der Waals surface area contributed by atoms with Gasteiger partial charge in [-0.25, -0.2) is 4.79 Å². The fourth-order valence-corrected chi connectivity index (χ4v) is 3.65. The SMILES string of the molecule is C=CCOC(=O)C(CSCC1C(=O)CCC1C(=O)O)NC(C)=O. The van der Waals surface area contributed by atoms with Crippen LogP contribution in [0.1, 0.15) is 19.8 Å². The molecule has 1 saturated carbocycles. The molecule has 0 aromatic rings. The Morgan fingerprint density at radius 3 is 2.78 bits per heavy atom. The summed E-state index contributed by atoms with van der Waals surface area (Å²) in [5, 5.41) is 11.6. The van der Waals surface area contributed by atoms with E-state index in [1.165, 1.54) is 24.8 Å². The van der Waals surface area contributed by atoms with Crippen molar-refractivity contribution >= 4 is 35.4 Å². The summed E-state index contributed by atoms with van der Waals surface area (Å²) in [6, 6.07) is -0.836. The highest BCUT2D eigenvalue weighted by molar-refractivity contribution is 7.99. The lowest BCUT2D eigenvalue weighted by Gasteiger charge is -2.18. The summed E-state index contributed by atoms with van der Waals surface area (Å²) >= 11 is 1.26. The smallest absolute Gasteiger partial charge is 0.329 e. The highest BCUT2D eigenvalue weighted by atomic mass is 32.2. The van der Waals surface area contributed by atoms with Crippen molar-refractivity contribution in [1.82, 2.24) is 5.32 Å². The second-order valence-corrected chi connectivity index (χ2v) is 6.34. The van der Waals surface area contributed by atoms with Crippen molar-refractivity contribution in [2.75, 3.05) is 18.1 Å². The molecule has 1 aliphatic carbocycles. The van der Waals surface area contributed by atoms with Gasteiger partial charge in [0.15, 0.2) is 0 Å². The van der Waals surface area contributed by atoms with E-state index in [4.69, 9.17) is 9.84 Å². The molecule has 0 aromatic heterocycles. The van der Waals surface area contributed by atoms with Gasteiger partial charge in [0.2, 0.25) is 5.91 Å². The maximum Gasteiger partial charge on any atom is 0.329 e. The Morgan fingerprint density at radius 2 is 2.22 bits per heavy atom. The lowest BCUT2D eigenvalue weighted by Crippen LogP contribution is -2.43. The summed E-state index contributed by atoms with van der Waals surface area (Å²) in [6.07, 6.45) is 2.05. The van der Waals surface area contributed by atoms with E-state index in [0.29, 0.717) is 12.2 Å². The molecule has 0 aliphatic heterocycles. The van der Waals surface area contributed by atoms with Gasteiger partial charge in [0.25, 0.3) is 0 Å². The molecule has 0 aromatic carbocycles. The first-order valence-electron chi connectivity index (χ1n) is 7.24. The molecule has 2 N–H and O–H groups in total. The van der Waals surface area contributed by atoms with E-state index in [0.717, 1.165) is 0 Å². The average molecular weight is 343 g/mol. The summed E-state index contributed by atoms with van der Waals surface area (Å²) in [5.41, 5.74) is 0. The molecule has 1 rings (SSSR count). The summed E-state index contributed by atoms with van der Waals surface area (Å²) in [4.78, 5) is 45.9. The molecule has 3 atom stereocenters. The molecule has 0 radical (unpaired) electrons. The van der Waals surface area contributed by atoms with Gasteiger partial charge in [0, 0.05) is 30.8 Å². The number of Topliss-reactive ketones (excluding diaryl/α,β-unsaturated/α-hetero) is 1. The molecular formula is C15H21NO6S. The molecule has 1 amide bonds. The maximum atomic E-state index is 11.8. The number of nitrogens with one attached hydrogen (secondary N) is 1. The third kappa shape index (κ3) is 6.05. The fraction of sp³-hybridized carbons (Fsp3) is 0.600. The van der Waals surface area contributed by atoms with E-state index in [9.17, 15) is 19.2 Å². The maximum absolute atomic E-state index is 11.8. The highest BCUT2D eigenvalue weighted by Gasteiger charge is 2.39. The zero-order valence-electron chi connectivity index (χ0n) is 12.9. The van der Waals surface area contributed by atoms with Crippen LogP contribution in [0.15, 0.2) is 12.7 Å². The quantitative estimate of drug-likeness (QED) is 0.467. The number of hydrogen-bond donors (Lipinski definition) is 2. The predicted octanol–water partition coefficient (Wildman–Crippen LogP) is 0.633. The number of carboxylic acids is 1. The number of thioether (sulfide) groups is 1. The van der Waals surface area contributed by atoms with Crippen molar-refractivity contribution in [3.8, 4) is 0 Å². The Bertz CT molecular complexity index is 492. The molecule has 8 heteroatoms. The summed E-state index contributed by atoms with van der Waals surface area (Å²) < 4.78 is 4.91. The number of rotatable bonds is 9. The minimum Gasteiger partial charge on any atom is -0.481 e. The number of hydrogen-bond acceptors (Lipinski definition) is 6. The highest BCUT2D eigenvalue weighted by Crippen LogP contribution is 2.31. The number of ether oxygens (including phenoxy) is 1. The zero-order chi connectivity index (χ0) is 17.4. The van der Waals surface area contributed by atoms with Gasteiger partial charge in [0.1, 0.15) is 18.4 Å². The van der Waals surface area contributed by atoms with Crippen molar-refractivity contribution < 1.29 is 29.0 Å². The average Bonchev–Trinajstić information content (AvgIpc) is 2.84. The van der Waals surface area contributed by atoms with Crippen LogP contribution in [-0.4, -0.2) is 52.9 Å². The Morgan fingerprint density at radius 1 is 1.52 bits per heavy atom. The Kier molecular flexibility index (Phi) is 7.80. The predicted molar refractivity (Wildman–Crippen MR) is 84.9 cm³/mol. The number of esters is 1. The molecule has 23 heavy (non-hydrogen) atoms. The van der Waals surface area contributed by atoms with Crippen LogP contribution in [-0.2, 0) is 23.9 Å². The third-order valence-corrected chi connectivity index (χ3v) is 4.67. The normalized spacial score (nSPS) is 21.5. The molecule has 0 spiro atoms. The molecule has 1 aliphatic rings. The van der Waals surface area contributed by atoms with E-state index in [2.05, 4.69) is 11.9 Å². The van der Waals surface area contributed by atoms with Gasteiger partial charge in [-0.2, -0.15) is 11.8 Å². The second-order valence-electron chi connectivity index (χ2n) is 5.27. The molecule has 0 bridgehead atoms. The first-order chi connectivity index (χ1) is 10.9. The minimum absolute atomic E-state index is 0.0434. The second kappa shape index (κ2) is 9.34. The van der Waals surface area contributed by atoms with Crippen LogP contribution in [0.2, 0.25) is 0 Å². The lowest BCUT2D eigenvalue weighted by molar-refractivity contribution is -0.146. The van der Waals surface area contributed by atoms with Gasteiger partial charge in [-0.1, -0.05) is 12.7 Å². The molecule has 1 fully saturated rings. The molecule has 3 unspecified atom stereocenters.